The minimum absolute atomic E-state index is 0.0206. The van der Waals surface area contributed by atoms with Crippen molar-refractivity contribution >= 4 is 5.91 Å². The van der Waals surface area contributed by atoms with Crippen molar-refractivity contribution in [2.24, 2.45) is 5.92 Å². The molecule has 37 heavy (non-hydrogen) atoms. The standard InChI is InChI=1S/C29H41F2N5O/c1-19(2)27-34-33-20(3)36(27)25-17-23-9-10-24(18-25)35(23)16-13-26(21-7-5-4-6-8-21)32-28(37)22-11-14-29(30,31)15-12-22/h4-8,19,22-26H,9-18H2,1-3H3,(H,32,37)/i14D2,15D2,16D2. The van der Waals surface area contributed by atoms with Crippen LogP contribution in [0.3, 0.4) is 0 Å². The second-order valence-electron chi connectivity index (χ2n) is 10.9. The van der Waals surface area contributed by atoms with Crippen molar-refractivity contribution in [2.75, 3.05) is 6.50 Å². The molecule has 3 aliphatic rings. The van der Waals surface area contributed by atoms with Gasteiger partial charge in [0.15, 0.2) is 0 Å². The van der Waals surface area contributed by atoms with Crippen molar-refractivity contribution in [3.05, 3.63) is 47.5 Å². The van der Waals surface area contributed by atoms with Crippen LogP contribution in [-0.4, -0.2) is 50.1 Å². The molecular weight excluding hydrogens is 472 g/mol. The third-order valence-corrected chi connectivity index (χ3v) is 7.99. The van der Waals surface area contributed by atoms with Crippen LogP contribution in [0.4, 0.5) is 8.78 Å². The second-order valence-corrected chi connectivity index (χ2v) is 10.9. The molecule has 1 aromatic carbocycles. The molecule has 2 aliphatic heterocycles. The van der Waals surface area contributed by atoms with Gasteiger partial charge in [-0.3, -0.25) is 9.69 Å². The van der Waals surface area contributed by atoms with Crippen molar-refractivity contribution in [3.8, 4) is 0 Å². The van der Waals surface area contributed by atoms with Crippen LogP contribution in [0.1, 0.15) is 115 Å². The van der Waals surface area contributed by atoms with E-state index in [9.17, 15) is 16.3 Å². The normalized spacial score (nSPS) is 32.4. The molecule has 1 amide bonds. The fourth-order valence-electron chi connectivity index (χ4n) is 6.09. The molecule has 202 valence electrons. The lowest BCUT2D eigenvalue weighted by molar-refractivity contribution is -0.130. The van der Waals surface area contributed by atoms with Crippen LogP contribution in [0.5, 0.6) is 0 Å². The lowest BCUT2D eigenvalue weighted by atomic mass is 9.86. The van der Waals surface area contributed by atoms with Gasteiger partial charge in [-0.1, -0.05) is 44.2 Å². The van der Waals surface area contributed by atoms with Crippen LogP contribution >= 0.6 is 0 Å². The minimum Gasteiger partial charge on any atom is -0.349 e. The zero-order chi connectivity index (χ0) is 31.5. The minimum atomic E-state index is -4.24. The highest BCUT2D eigenvalue weighted by molar-refractivity contribution is 5.79. The maximum Gasteiger partial charge on any atom is 0.248 e. The Morgan fingerprint density at radius 3 is 2.38 bits per heavy atom. The fraction of sp³-hybridized carbons (Fsp3) is 0.690. The summed E-state index contributed by atoms with van der Waals surface area (Å²) in [6.45, 7) is 4.29. The lowest BCUT2D eigenvalue weighted by Gasteiger charge is -2.40. The summed E-state index contributed by atoms with van der Waals surface area (Å²) >= 11 is 0. The summed E-state index contributed by atoms with van der Waals surface area (Å²) in [6, 6.07) is 8.16. The Morgan fingerprint density at radius 1 is 1.11 bits per heavy atom. The summed E-state index contributed by atoms with van der Waals surface area (Å²) < 4.78 is 81.0. The van der Waals surface area contributed by atoms with Crippen molar-refractivity contribution < 1.29 is 21.8 Å². The Kier molecular flexibility index (Phi) is 5.74. The van der Waals surface area contributed by atoms with Gasteiger partial charge in [0.2, 0.25) is 11.8 Å². The molecule has 3 atom stereocenters. The number of aromatic nitrogens is 3. The quantitative estimate of drug-likeness (QED) is 0.468. The molecule has 3 unspecified atom stereocenters. The molecule has 1 aliphatic carbocycles. The number of nitrogens with zero attached hydrogens (tertiary/aromatic N) is 4. The Bertz CT molecular complexity index is 1290. The number of carbonyl (C=O) groups excluding carboxylic acids is 1. The van der Waals surface area contributed by atoms with Gasteiger partial charge in [0.05, 0.1) is 6.04 Å². The molecule has 2 aromatic rings. The van der Waals surface area contributed by atoms with Gasteiger partial charge in [-0.15, -0.1) is 10.2 Å². The number of alkyl halides is 2. The first-order chi connectivity index (χ1) is 19.9. The van der Waals surface area contributed by atoms with E-state index < -0.39 is 55.9 Å². The van der Waals surface area contributed by atoms with Crippen molar-refractivity contribution in [1.82, 2.24) is 25.0 Å². The zero-order valence-electron chi connectivity index (χ0n) is 27.8. The monoisotopic (exact) mass is 519 g/mol. The molecule has 2 bridgehead atoms. The number of hydrogen-bond acceptors (Lipinski definition) is 4. The molecule has 3 fully saturated rings. The second kappa shape index (κ2) is 10.8. The number of carbonyl (C=O) groups is 1. The molecule has 0 spiro atoms. The number of aryl methyl sites for hydroxylation is 1. The van der Waals surface area contributed by atoms with Crippen LogP contribution < -0.4 is 5.32 Å². The maximum absolute atomic E-state index is 14.5. The summed E-state index contributed by atoms with van der Waals surface area (Å²) in [5, 5.41) is 11.5. The van der Waals surface area contributed by atoms with E-state index in [1.807, 2.05) is 11.8 Å². The van der Waals surface area contributed by atoms with Crippen LogP contribution in [0.15, 0.2) is 30.3 Å². The number of piperidine rings is 1. The molecular formula is C29H41F2N5O. The third kappa shape index (κ3) is 5.74. The van der Waals surface area contributed by atoms with Crippen LogP contribution in [-0.2, 0) is 4.79 Å². The molecule has 2 saturated heterocycles. The van der Waals surface area contributed by atoms with Gasteiger partial charge in [0, 0.05) is 57.4 Å². The first-order valence-corrected chi connectivity index (χ1v) is 13.4. The highest BCUT2D eigenvalue weighted by Crippen LogP contribution is 2.42. The van der Waals surface area contributed by atoms with Crippen molar-refractivity contribution in [3.63, 3.8) is 0 Å². The molecule has 1 aromatic heterocycles. The summed E-state index contributed by atoms with van der Waals surface area (Å²) in [5.41, 5.74) is 0.635. The molecule has 3 heterocycles. The summed E-state index contributed by atoms with van der Waals surface area (Å²) in [5.74, 6) is -4.32. The van der Waals surface area contributed by atoms with Crippen molar-refractivity contribution in [2.45, 2.75) is 114 Å². The highest BCUT2D eigenvalue weighted by Gasteiger charge is 2.42. The number of nitrogens with one attached hydrogen (secondary N) is 1. The van der Waals surface area contributed by atoms with Crippen LogP contribution in [0.25, 0.3) is 0 Å². The lowest BCUT2D eigenvalue weighted by Crippen LogP contribution is -2.45. The molecule has 6 nitrogen and oxygen atoms in total. The van der Waals surface area contributed by atoms with Gasteiger partial charge >= 0.3 is 0 Å². The molecule has 8 heteroatoms. The van der Waals surface area contributed by atoms with Gasteiger partial charge < -0.3 is 9.88 Å². The highest BCUT2D eigenvalue weighted by atomic mass is 19.3. The Balaban J connectivity index is 1.35. The summed E-state index contributed by atoms with van der Waals surface area (Å²) in [7, 11) is 0. The Morgan fingerprint density at radius 2 is 1.76 bits per heavy atom. The predicted octanol–water partition coefficient (Wildman–Crippen LogP) is 5.95. The van der Waals surface area contributed by atoms with E-state index in [-0.39, 0.29) is 30.5 Å². The van der Waals surface area contributed by atoms with Crippen LogP contribution in [0.2, 0.25) is 0 Å². The van der Waals surface area contributed by atoms with E-state index in [1.165, 1.54) is 0 Å². The summed E-state index contributed by atoms with van der Waals surface area (Å²) in [4.78, 5) is 15.4. The maximum atomic E-state index is 14.5. The molecule has 5 rings (SSSR count). The number of benzene rings is 1. The largest absolute Gasteiger partial charge is 0.349 e. The van der Waals surface area contributed by atoms with Gasteiger partial charge in [0.1, 0.15) is 11.6 Å². The van der Waals surface area contributed by atoms with Gasteiger partial charge in [-0.2, -0.15) is 0 Å². The Labute approximate surface area is 227 Å². The predicted molar refractivity (Wildman–Crippen MR) is 139 cm³/mol. The molecule has 0 radical (unpaired) electrons. The van der Waals surface area contributed by atoms with Gasteiger partial charge in [-0.25, -0.2) is 8.78 Å². The van der Waals surface area contributed by atoms with Gasteiger partial charge in [-0.05, 0) is 57.4 Å². The van der Waals surface area contributed by atoms with E-state index in [0.29, 0.717) is 5.56 Å². The molecule has 1 saturated carbocycles. The topological polar surface area (TPSA) is 63.1 Å². The smallest absolute Gasteiger partial charge is 0.248 e. The van der Waals surface area contributed by atoms with E-state index in [0.717, 1.165) is 37.3 Å². The van der Waals surface area contributed by atoms with Crippen molar-refractivity contribution in [1.29, 1.82) is 0 Å². The zero-order valence-corrected chi connectivity index (χ0v) is 21.8. The average Bonchev–Trinajstić information content (AvgIpc) is 3.44. The number of amides is 1. The van der Waals surface area contributed by atoms with Gasteiger partial charge in [0.25, 0.3) is 0 Å². The van der Waals surface area contributed by atoms with E-state index in [1.54, 1.807) is 30.3 Å². The summed E-state index contributed by atoms with van der Waals surface area (Å²) in [6.07, 6.45) is -4.95. The SMILES string of the molecule is [2H]C([2H])(CC(NC(=O)C1CC([2H])([2H])C(F)(F)C([2H])([2H])C1)c1ccccc1)N1C2CCC1CC(n1c(C)nnc1C(C)C)C2. The number of hydrogen-bond donors (Lipinski definition) is 1. The number of rotatable bonds is 8. The first kappa shape index (κ1) is 19.7. The molecule has 1 N–H and O–H groups in total. The van der Waals surface area contributed by atoms with Crippen LogP contribution in [0, 0.1) is 12.8 Å². The number of fused-ring (bicyclic) bond motifs is 2. The third-order valence-electron chi connectivity index (χ3n) is 7.99. The average molecular weight is 520 g/mol. The number of halogens is 2. The Hall–Kier alpha value is -2.35. The van der Waals surface area contributed by atoms with E-state index in [4.69, 9.17) is 5.48 Å². The first-order valence-electron chi connectivity index (χ1n) is 16.4. The van der Waals surface area contributed by atoms with E-state index in [2.05, 4.69) is 33.9 Å². The van der Waals surface area contributed by atoms with E-state index >= 15 is 0 Å². The fourth-order valence-corrected chi connectivity index (χ4v) is 6.09.